The highest BCUT2D eigenvalue weighted by Crippen LogP contribution is 2.29. The quantitative estimate of drug-likeness (QED) is 0.404. The smallest absolute Gasteiger partial charge is 0.289 e. The molecule has 2 aromatic heterocycles. The highest BCUT2D eigenvalue weighted by atomic mass is 32.1. The molecule has 0 aliphatic carbocycles. The van der Waals surface area contributed by atoms with E-state index < -0.39 is 0 Å². The van der Waals surface area contributed by atoms with Gasteiger partial charge >= 0.3 is 0 Å². The molecule has 3 heterocycles. The van der Waals surface area contributed by atoms with Crippen LogP contribution in [0.25, 0.3) is 10.9 Å². The number of aliphatic imine (C=N–C) groups is 1. The summed E-state index contributed by atoms with van der Waals surface area (Å²) in [6.07, 6.45) is 3.40. The van der Waals surface area contributed by atoms with E-state index in [0.29, 0.717) is 12.6 Å². The average molecular weight is 461 g/mol. The average Bonchev–Trinajstić information content (AvgIpc) is 3.43. The van der Waals surface area contributed by atoms with Crippen molar-refractivity contribution in [1.29, 1.82) is 0 Å². The number of aryl methyl sites for hydroxylation is 1. The molecule has 168 valence electrons. The van der Waals surface area contributed by atoms with Gasteiger partial charge in [-0.3, -0.25) is 0 Å². The highest BCUT2D eigenvalue weighted by Gasteiger charge is 2.23. The molecule has 0 radical (unpaired) electrons. The first-order valence-corrected chi connectivity index (χ1v) is 11.6. The van der Waals surface area contributed by atoms with Crippen LogP contribution in [0.5, 0.6) is 5.75 Å². The minimum Gasteiger partial charge on any atom is -0.486 e. The van der Waals surface area contributed by atoms with E-state index in [9.17, 15) is 0 Å². The van der Waals surface area contributed by atoms with Crippen LogP contribution in [0.1, 0.15) is 24.4 Å². The summed E-state index contributed by atoms with van der Waals surface area (Å²) in [4.78, 5) is 17.6. The lowest BCUT2D eigenvalue weighted by Gasteiger charge is -2.13. The second-order valence-corrected chi connectivity index (χ2v) is 8.88. The number of ether oxygens (including phenoxy) is 2. The largest absolute Gasteiger partial charge is 0.486 e. The highest BCUT2D eigenvalue weighted by molar-refractivity contribution is 7.09. The molecule has 5 rings (SSSR count). The summed E-state index contributed by atoms with van der Waals surface area (Å²) in [5.74, 6) is 1.55. The number of amidine groups is 1. The van der Waals surface area contributed by atoms with Crippen LogP contribution < -0.4 is 15.4 Å². The third kappa shape index (κ3) is 4.73. The van der Waals surface area contributed by atoms with Crippen molar-refractivity contribution in [3.05, 3.63) is 64.9 Å². The van der Waals surface area contributed by atoms with E-state index in [1.165, 1.54) is 0 Å². The molecular weight excluding hydrogens is 436 g/mol. The van der Waals surface area contributed by atoms with Gasteiger partial charge in [0, 0.05) is 28.3 Å². The van der Waals surface area contributed by atoms with E-state index >= 15 is 0 Å². The number of nitrogens with one attached hydrogen (secondary N) is 2. The van der Waals surface area contributed by atoms with E-state index in [4.69, 9.17) is 9.47 Å². The first-order chi connectivity index (χ1) is 16.0. The molecular formula is C24H24N6O2S. The molecule has 8 nitrogen and oxygen atoms in total. The number of nitrogens with zero attached hydrogens (tertiary/aromatic N) is 4. The van der Waals surface area contributed by atoms with Crippen LogP contribution in [0.15, 0.2) is 59.3 Å². The third-order valence-electron chi connectivity index (χ3n) is 5.46. The fourth-order valence-corrected chi connectivity index (χ4v) is 4.03. The van der Waals surface area contributed by atoms with Gasteiger partial charge in [-0.2, -0.15) is 0 Å². The lowest BCUT2D eigenvalue weighted by Crippen LogP contribution is -2.17. The van der Waals surface area contributed by atoms with E-state index in [1.54, 1.807) is 23.9 Å². The molecule has 9 heteroatoms. The minimum atomic E-state index is 0.0604. The zero-order chi connectivity index (χ0) is 22.8. The maximum Gasteiger partial charge on any atom is 0.289 e. The molecule has 0 saturated heterocycles. The fourth-order valence-electron chi connectivity index (χ4n) is 3.50. The standard InChI is InChI=1S/C24H24N6O2S/c1-14-10-17(5-7-21(14)31-12-22-25-8-9-33-22)29-23-19-11-18(4-6-20(19)26-13-27-23)30-24-28-15(2)16(3)32-24/h4-11,13,15-16H,12H2,1-3H3,(H,28,30)(H,26,27,29)/t15-,16+/m1/s1. The first kappa shape index (κ1) is 21.1. The number of fused-ring (bicyclic) bond motifs is 1. The summed E-state index contributed by atoms with van der Waals surface area (Å²) >= 11 is 1.58. The van der Waals surface area contributed by atoms with Gasteiger partial charge in [0.05, 0.1) is 11.6 Å². The maximum atomic E-state index is 5.91. The molecule has 2 N–H and O–H groups in total. The van der Waals surface area contributed by atoms with Gasteiger partial charge in [-0.1, -0.05) is 0 Å². The van der Waals surface area contributed by atoms with E-state index in [-0.39, 0.29) is 12.1 Å². The normalized spacial score (nSPS) is 17.5. The molecule has 0 unspecified atom stereocenters. The Morgan fingerprint density at radius 2 is 1.88 bits per heavy atom. The number of hydrogen-bond donors (Lipinski definition) is 2. The van der Waals surface area contributed by atoms with E-state index in [2.05, 4.69) is 30.6 Å². The SMILES string of the molecule is Cc1cc(Nc2ncnc3ccc(NC4=N[C@H](C)[C@H](C)O4)cc23)ccc1OCc1nccs1. The Hall–Kier alpha value is -3.72. The molecule has 4 aromatic rings. The van der Waals surface area contributed by atoms with E-state index in [1.807, 2.05) is 62.5 Å². The molecule has 0 bridgehead atoms. The summed E-state index contributed by atoms with van der Waals surface area (Å²) in [7, 11) is 0. The van der Waals surface area contributed by atoms with Crippen molar-refractivity contribution >= 4 is 45.5 Å². The van der Waals surface area contributed by atoms with Gasteiger partial charge in [0.1, 0.15) is 35.6 Å². The van der Waals surface area contributed by atoms with Crippen LogP contribution >= 0.6 is 11.3 Å². The minimum absolute atomic E-state index is 0.0604. The third-order valence-corrected chi connectivity index (χ3v) is 6.21. The van der Waals surface area contributed by atoms with Gasteiger partial charge in [0.15, 0.2) is 0 Å². The second-order valence-electron chi connectivity index (χ2n) is 7.90. The molecule has 2 atom stereocenters. The van der Waals surface area contributed by atoms with Crippen molar-refractivity contribution in [1.82, 2.24) is 15.0 Å². The van der Waals surface area contributed by atoms with Crippen molar-refractivity contribution in [3.63, 3.8) is 0 Å². The molecule has 0 fully saturated rings. The Kier molecular flexibility index (Phi) is 5.78. The zero-order valence-corrected chi connectivity index (χ0v) is 19.4. The first-order valence-electron chi connectivity index (χ1n) is 10.7. The predicted octanol–water partition coefficient (Wildman–Crippen LogP) is 5.29. The van der Waals surface area contributed by atoms with Gasteiger partial charge < -0.3 is 20.1 Å². The van der Waals surface area contributed by atoms with Crippen molar-refractivity contribution in [3.8, 4) is 5.75 Å². The lowest BCUT2D eigenvalue weighted by atomic mass is 10.1. The van der Waals surface area contributed by atoms with Crippen molar-refractivity contribution in [2.24, 2.45) is 4.99 Å². The summed E-state index contributed by atoms with van der Waals surface area (Å²) < 4.78 is 11.7. The molecule has 0 amide bonds. The van der Waals surface area contributed by atoms with Crippen LogP contribution in [0.3, 0.4) is 0 Å². The Balaban J connectivity index is 1.35. The Bertz CT molecular complexity index is 1310. The fraction of sp³-hybridized carbons (Fsp3) is 0.250. The molecule has 0 saturated carbocycles. The van der Waals surface area contributed by atoms with Crippen LogP contribution in [-0.2, 0) is 11.3 Å². The number of hydrogen-bond acceptors (Lipinski definition) is 9. The Morgan fingerprint density at radius 3 is 2.64 bits per heavy atom. The molecule has 2 aromatic carbocycles. The van der Waals surface area contributed by atoms with Crippen molar-refractivity contribution in [2.75, 3.05) is 10.6 Å². The number of aromatic nitrogens is 3. The zero-order valence-electron chi connectivity index (χ0n) is 18.6. The second kappa shape index (κ2) is 9.03. The van der Waals surface area contributed by atoms with Gasteiger partial charge in [-0.05, 0) is 62.7 Å². The number of benzene rings is 2. The summed E-state index contributed by atoms with van der Waals surface area (Å²) in [6, 6.07) is 12.5. The molecule has 33 heavy (non-hydrogen) atoms. The molecule has 0 spiro atoms. The van der Waals surface area contributed by atoms with Gasteiger partial charge in [0.2, 0.25) is 0 Å². The van der Waals surface area contributed by atoms with Crippen LogP contribution in [-0.4, -0.2) is 33.1 Å². The molecule has 1 aliphatic heterocycles. The monoisotopic (exact) mass is 460 g/mol. The number of rotatable bonds is 6. The summed E-state index contributed by atoms with van der Waals surface area (Å²) in [6.45, 7) is 6.53. The predicted molar refractivity (Wildman–Crippen MR) is 132 cm³/mol. The van der Waals surface area contributed by atoms with Crippen LogP contribution in [0.4, 0.5) is 17.2 Å². The van der Waals surface area contributed by atoms with Gasteiger partial charge in [-0.25, -0.2) is 19.9 Å². The topological polar surface area (TPSA) is 93.6 Å². The summed E-state index contributed by atoms with van der Waals surface area (Å²) in [5.41, 5.74) is 3.65. The number of thiazole rings is 1. The maximum absolute atomic E-state index is 5.91. The van der Waals surface area contributed by atoms with Crippen molar-refractivity contribution in [2.45, 2.75) is 39.5 Å². The van der Waals surface area contributed by atoms with Crippen LogP contribution in [0, 0.1) is 6.92 Å². The Morgan fingerprint density at radius 1 is 1.03 bits per heavy atom. The van der Waals surface area contributed by atoms with Crippen LogP contribution in [0.2, 0.25) is 0 Å². The van der Waals surface area contributed by atoms with Gasteiger partial charge in [0.25, 0.3) is 6.02 Å². The van der Waals surface area contributed by atoms with Gasteiger partial charge in [-0.15, -0.1) is 11.3 Å². The lowest BCUT2D eigenvalue weighted by molar-refractivity contribution is 0.218. The Labute approximate surface area is 195 Å². The van der Waals surface area contributed by atoms with E-state index in [0.717, 1.165) is 44.4 Å². The number of anilines is 3. The van der Waals surface area contributed by atoms with Crippen molar-refractivity contribution < 1.29 is 9.47 Å². The molecule has 1 aliphatic rings. The summed E-state index contributed by atoms with van der Waals surface area (Å²) in [5, 5.41) is 10.5.